The third-order valence-corrected chi connectivity index (χ3v) is 39.8. The number of nitrogens with zero attached hydrogens (tertiary/aromatic N) is 3. The second-order valence-corrected chi connectivity index (χ2v) is 48.6. The Morgan fingerprint density at radius 2 is 0.431 bits per heavy atom. The Balaban J connectivity index is 0.000000105. The number of fused-ring (bicyclic) bond motifs is 3. The van der Waals surface area contributed by atoms with E-state index < -0.39 is 0 Å². The molecule has 0 radical (unpaired) electrons. The summed E-state index contributed by atoms with van der Waals surface area (Å²) in [6.45, 7) is 4.82. The first-order valence-electron chi connectivity index (χ1n) is 54.3. The van der Waals surface area contributed by atoms with Crippen molar-refractivity contribution in [1.29, 1.82) is 0 Å². The molecule has 21 aliphatic rings. The summed E-state index contributed by atoms with van der Waals surface area (Å²) >= 11 is 0. The van der Waals surface area contributed by atoms with Crippen LogP contribution in [0, 0.1) is 71.0 Å². The summed E-state index contributed by atoms with van der Waals surface area (Å²) in [7, 11) is 0. The van der Waals surface area contributed by atoms with Crippen LogP contribution in [0.15, 0.2) is 237 Å². The van der Waals surface area contributed by atoms with Crippen LogP contribution in [0.3, 0.4) is 0 Å². The molecule has 10 aromatic carbocycles. The van der Waals surface area contributed by atoms with E-state index in [9.17, 15) is 0 Å². The minimum atomic E-state index is -0.0160. The molecule has 0 spiro atoms. The fourth-order valence-corrected chi connectivity index (χ4v) is 35.3. The van der Waals surface area contributed by atoms with E-state index in [1.807, 2.05) is 0 Å². The van der Waals surface area contributed by atoms with Crippen molar-refractivity contribution in [1.82, 2.24) is 0 Å². The zero-order chi connectivity index (χ0) is 86.3. The summed E-state index contributed by atoms with van der Waals surface area (Å²) < 4.78 is 0. The number of benzene rings is 10. The molecule has 0 heterocycles. The molecule has 0 aliphatic heterocycles. The Morgan fingerprint density at radius 1 is 0.200 bits per heavy atom. The largest absolute Gasteiger partial charge is 0.311 e. The predicted octanol–water partition coefficient (Wildman–Crippen LogP) is 35.8. The van der Waals surface area contributed by atoms with Gasteiger partial charge in [0.15, 0.2) is 0 Å². The van der Waals surface area contributed by atoms with E-state index >= 15 is 0 Å². The van der Waals surface area contributed by atoms with Crippen LogP contribution in [0.2, 0.25) is 0 Å². The van der Waals surface area contributed by atoms with Crippen LogP contribution in [0.25, 0.3) is 11.1 Å². The van der Waals surface area contributed by atoms with Gasteiger partial charge in [-0.05, 0) is 492 Å². The SMILES string of the molecule is CC1(C)c2ccccc2-c2ccc(N(c3ccc(C4CCCCC4)cc3)c3ccccc3C34CC5CC(CC(C5)C3)C4)cc21.c1cc(N(c2ccc(C34CC5CC(CC(C5)C3)C4)cc2)c2ccc(C34CC5CC(CC(C5)C3)C4)cc2)ccc1C1CCCCC1.c1cc(N(c2ccc(C3CCCCC3)cc2)c2ccc(C34CC5CC(CC(C5)C3)C4)cc2)ccc1C1CCCCC1. The molecule has 20 fully saturated rings. The molecule has 0 aromatic heterocycles. The van der Waals surface area contributed by atoms with E-state index in [0.717, 1.165) is 94.7 Å². The van der Waals surface area contributed by atoms with Crippen LogP contribution in [-0.2, 0) is 27.1 Å². The molecule has 0 atom stereocenters. The lowest BCUT2D eigenvalue weighted by atomic mass is 9.48. The van der Waals surface area contributed by atoms with Gasteiger partial charge in [0.1, 0.15) is 0 Å². The number of rotatable bonds is 17. The highest BCUT2D eigenvalue weighted by atomic mass is 15.2. The maximum Gasteiger partial charge on any atom is 0.0499 e. The van der Waals surface area contributed by atoms with Gasteiger partial charge in [-0.1, -0.05) is 224 Å². The molecule has 16 bridgehead atoms. The van der Waals surface area contributed by atoms with Crippen molar-refractivity contribution in [3.63, 3.8) is 0 Å². The number of hydrogen-bond acceptors (Lipinski definition) is 3. The quantitative estimate of drug-likeness (QED) is 0.0900. The van der Waals surface area contributed by atoms with E-state index in [2.05, 4.69) is 265 Å². The summed E-state index contributed by atoms with van der Waals surface area (Å²) in [5.74, 6) is 14.7. The van der Waals surface area contributed by atoms with Crippen LogP contribution in [0.4, 0.5) is 51.2 Å². The first-order chi connectivity index (χ1) is 63.8. The fourth-order valence-electron chi connectivity index (χ4n) is 35.3. The second-order valence-electron chi connectivity index (χ2n) is 48.6. The van der Waals surface area contributed by atoms with Crippen LogP contribution < -0.4 is 14.7 Å². The van der Waals surface area contributed by atoms with Crippen molar-refractivity contribution < 1.29 is 0 Å². The number of para-hydroxylation sites is 1. The normalized spacial score (nSPS) is 32.2. The highest BCUT2D eigenvalue weighted by Crippen LogP contribution is 2.67. The van der Waals surface area contributed by atoms with Gasteiger partial charge < -0.3 is 14.7 Å². The molecule has 0 amide bonds. The topological polar surface area (TPSA) is 9.72 Å². The van der Waals surface area contributed by atoms with Crippen molar-refractivity contribution in [2.75, 3.05) is 14.7 Å². The van der Waals surface area contributed by atoms with E-state index in [0.29, 0.717) is 21.7 Å². The van der Waals surface area contributed by atoms with Gasteiger partial charge in [-0.15, -0.1) is 0 Å². The molecule has 10 aromatic rings. The maximum atomic E-state index is 2.64. The van der Waals surface area contributed by atoms with Gasteiger partial charge >= 0.3 is 0 Å². The zero-order valence-electron chi connectivity index (χ0n) is 79.2. The monoisotopic (exact) mass is 1720 g/mol. The third-order valence-electron chi connectivity index (χ3n) is 39.8. The first-order valence-corrected chi connectivity index (χ1v) is 54.3. The van der Waals surface area contributed by atoms with Gasteiger partial charge in [0.25, 0.3) is 0 Å². The van der Waals surface area contributed by atoms with Gasteiger partial charge in [-0.3, -0.25) is 0 Å². The van der Waals surface area contributed by atoms with Gasteiger partial charge in [-0.25, -0.2) is 0 Å². The maximum absolute atomic E-state index is 2.64. The van der Waals surface area contributed by atoms with Crippen LogP contribution in [0.1, 0.15) is 376 Å². The Bertz CT molecular complexity index is 5350. The van der Waals surface area contributed by atoms with Crippen molar-refractivity contribution in [2.24, 2.45) is 71.0 Å². The molecule has 21 aliphatic carbocycles. The Hall–Kier alpha value is -8.40. The van der Waals surface area contributed by atoms with Crippen molar-refractivity contribution in [2.45, 2.75) is 347 Å². The van der Waals surface area contributed by atoms with Crippen molar-refractivity contribution >= 4 is 51.2 Å². The summed E-state index contributed by atoms with van der Waals surface area (Å²) in [5.41, 5.74) is 31.9. The molecule has 3 nitrogen and oxygen atoms in total. The fraction of sp³-hybridized carbons (Fsp3) is 0.528. The summed E-state index contributed by atoms with van der Waals surface area (Å²) in [6, 6.07) is 94.7. The molecule has 130 heavy (non-hydrogen) atoms. The summed E-state index contributed by atoms with van der Waals surface area (Å²) in [6.07, 6.45) is 62.8. The molecule has 0 saturated heterocycles. The molecule has 0 N–H and O–H groups in total. The summed E-state index contributed by atoms with van der Waals surface area (Å²) in [5, 5.41) is 0. The molecular formula is C127H149N3. The van der Waals surface area contributed by atoms with E-state index in [-0.39, 0.29) is 5.41 Å². The molecule has 20 saturated carbocycles. The smallest absolute Gasteiger partial charge is 0.0499 e. The highest BCUT2D eigenvalue weighted by molar-refractivity contribution is 5.87. The molecule has 31 rings (SSSR count). The Labute approximate surface area is 782 Å². The van der Waals surface area contributed by atoms with Crippen LogP contribution in [0.5, 0.6) is 0 Å². The lowest BCUT2D eigenvalue weighted by molar-refractivity contribution is -0.00530. The molecule has 672 valence electrons. The standard InChI is InChI=1S/C44H53N.C43H47N.C40H49N/c1-2-4-36(5-3-1)37-6-12-40(13-7-37)45(41-14-8-38(9-15-41)43-24-30-18-31(25-43)20-32(19-30)26-43)42-16-10-39(11-17-42)44-27-33-21-34(28-44)23-35(22-33)29-44;1-42(2)38-13-7-6-12-36(38)37-21-20-35(25-40(37)42)44(34-18-16-33(17-19-34)32-10-4-3-5-11-32)41-15-9-8-14-39(41)43-26-29-22-30(27-43)24-31(23-29)28-43;1-3-7-32(8-4-1)34-11-17-37(18-12-34)41(38-19-13-35(14-20-38)33-9-5-2-6-10-33)39-21-15-36(16-22-39)40-26-29-23-30(27-40)25-31(24-29)28-40/h6-17,30-36H,1-5,18-29H2;6-9,12-21,25,29-32H,3-5,10-11,22-24,26-28H2,1-2H3;11-22,29-33H,1-10,23-28H2. The lowest BCUT2D eigenvalue weighted by Crippen LogP contribution is -2.48. The summed E-state index contributed by atoms with van der Waals surface area (Å²) in [4.78, 5) is 7.70. The third kappa shape index (κ3) is 15.6. The van der Waals surface area contributed by atoms with E-state index in [1.54, 1.807) is 38.9 Å². The van der Waals surface area contributed by atoms with Crippen molar-refractivity contribution in [3.8, 4) is 11.1 Å². The molecule has 3 heteroatoms. The van der Waals surface area contributed by atoms with E-state index in [4.69, 9.17) is 0 Å². The zero-order valence-corrected chi connectivity index (χ0v) is 79.2. The Kier molecular flexibility index (Phi) is 21.9. The number of anilines is 9. The lowest BCUT2D eigenvalue weighted by Gasteiger charge is -2.57. The van der Waals surface area contributed by atoms with Crippen LogP contribution >= 0.6 is 0 Å². The number of hydrogen-bond donors (Lipinski definition) is 0. The van der Waals surface area contributed by atoms with Crippen molar-refractivity contribution in [3.05, 3.63) is 292 Å². The predicted molar refractivity (Wildman–Crippen MR) is 544 cm³/mol. The molecule has 0 unspecified atom stereocenters. The first kappa shape index (κ1) is 83.4. The average Bonchev–Trinajstić information content (AvgIpc) is 1.45. The van der Waals surface area contributed by atoms with Crippen LogP contribution in [-0.4, -0.2) is 0 Å². The van der Waals surface area contributed by atoms with Gasteiger partial charge in [0.05, 0.1) is 0 Å². The minimum Gasteiger partial charge on any atom is -0.311 e. The van der Waals surface area contributed by atoms with Gasteiger partial charge in [-0.2, -0.15) is 0 Å². The average molecular weight is 1720 g/mol. The molecular weight excluding hydrogens is 1570 g/mol. The second kappa shape index (κ2) is 34.2. The Morgan fingerprint density at radius 3 is 0.723 bits per heavy atom. The van der Waals surface area contributed by atoms with E-state index in [1.165, 1.54) is 362 Å². The van der Waals surface area contributed by atoms with Gasteiger partial charge in [0.2, 0.25) is 0 Å². The van der Waals surface area contributed by atoms with Gasteiger partial charge in [0, 0.05) is 56.6 Å². The minimum absolute atomic E-state index is 0.0160. The highest BCUT2D eigenvalue weighted by Gasteiger charge is 2.56.